The van der Waals surface area contributed by atoms with Crippen molar-refractivity contribution in [1.82, 2.24) is 10.2 Å². The fourth-order valence-electron chi connectivity index (χ4n) is 1.98. The molecule has 3 N–H and O–H groups in total. The van der Waals surface area contributed by atoms with Crippen LogP contribution < -0.4 is 15.8 Å². The van der Waals surface area contributed by atoms with Crippen LogP contribution in [-0.4, -0.2) is 56.8 Å². The summed E-state index contributed by atoms with van der Waals surface area (Å²) in [5.41, 5.74) is 6.24. The molecule has 0 spiro atoms. The summed E-state index contributed by atoms with van der Waals surface area (Å²) < 4.78 is 10.9. The van der Waals surface area contributed by atoms with Gasteiger partial charge in [-0.15, -0.1) is 0 Å². The molecule has 1 aliphatic rings. The molecule has 6 nitrogen and oxygen atoms in total. The van der Waals surface area contributed by atoms with Gasteiger partial charge in [0.05, 0.1) is 12.7 Å². The Morgan fingerprint density at radius 3 is 2.95 bits per heavy atom. The van der Waals surface area contributed by atoms with E-state index < -0.39 is 0 Å². The average Bonchev–Trinajstić information content (AvgIpc) is 2.45. The molecular weight excluding hydrogens is 258 g/mol. The van der Waals surface area contributed by atoms with Gasteiger partial charge in [-0.05, 0) is 31.3 Å². The fraction of sp³-hybridized carbons (Fsp3) is 0.500. The smallest absolute Gasteiger partial charge is 0.258 e. The van der Waals surface area contributed by atoms with Crippen molar-refractivity contribution in [2.24, 2.45) is 0 Å². The van der Waals surface area contributed by atoms with Crippen molar-refractivity contribution in [1.29, 1.82) is 0 Å². The number of hydrogen-bond donors (Lipinski definition) is 2. The second-order valence-electron chi connectivity index (χ2n) is 4.92. The summed E-state index contributed by atoms with van der Waals surface area (Å²) in [5.74, 6) is 0.474. The highest BCUT2D eigenvalue weighted by atomic mass is 16.5. The van der Waals surface area contributed by atoms with Crippen LogP contribution in [0.25, 0.3) is 0 Å². The van der Waals surface area contributed by atoms with E-state index in [0.29, 0.717) is 24.6 Å². The van der Waals surface area contributed by atoms with Crippen LogP contribution >= 0.6 is 0 Å². The van der Waals surface area contributed by atoms with Crippen LogP contribution in [0.1, 0.15) is 0 Å². The minimum absolute atomic E-state index is 0.00746. The fourth-order valence-corrected chi connectivity index (χ4v) is 1.98. The van der Waals surface area contributed by atoms with Crippen molar-refractivity contribution in [3.8, 4) is 5.75 Å². The Kier molecular flexibility index (Phi) is 5.20. The number of carbonyl (C=O) groups is 1. The summed E-state index contributed by atoms with van der Waals surface area (Å²) in [6, 6.07) is 6.95. The maximum atomic E-state index is 11.7. The molecular formula is C14H21N3O3. The quantitative estimate of drug-likeness (QED) is 0.747. The van der Waals surface area contributed by atoms with Crippen LogP contribution in [0.15, 0.2) is 24.3 Å². The Balaban J connectivity index is 1.66. The number of nitrogens with zero attached hydrogens (tertiary/aromatic N) is 1. The zero-order valence-corrected chi connectivity index (χ0v) is 11.7. The van der Waals surface area contributed by atoms with Crippen molar-refractivity contribution >= 4 is 11.6 Å². The van der Waals surface area contributed by atoms with Gasteiger partial charge < -0.3 is 25.4 Å². The normalized spacial score (nSPS) is 19.6. The highest BCUT2D eigenvalue weighted by molar-refractivity contribution is 5.77. The highest BCUT2D eigenvalue weighted by Gasteiger charge is 2.18. The molecule has 1 fully saturated rings. The number of amides is 1. The lowest BCUT2D eigenvalue weighted by atomic mass is 10.3. The molecule has 0 bridgehead atoms. The molecule has 1 aromatic carbocycles. The first-order chi connectivity index (χ1) is 9.63. The number of morpholine rings is 1. The summed E-state index contributed by atoms with van der Waals surface area (Å²) in [6.07, 6.45) is 0.0502. The van der Waals surface area contributed by atoms with Crippen molar-refractivity contribution in [2.75, 3.05) is 45.6 Å². The van der Waals surface area contributed by atoms with Gasteiger partial charge in [-0.25, -0.2) is 0 Å². The Morgan fingerprint density at radius 2 is 2.25 bits per heavy atom. The van der Waals surface area contributed by atoms with Gasteiger partial charge in [-0.3, -0.25) is 4.79 Å². The molecule has 0 saturated carbocycles. The predicted molar refractivity (Wildman–Crippen MR) is 76.6 cm³/mol. The van der Waals surface area contributed by atoms with E-state index in [1.165, 1.54) is 0 Å². The lowest BCUT2D eigenvalue weighted by molar-refractivity contribution is -0.124. The first-order valence-electron chi connectivity index (χ1n) is 6.68. The second kappa shape index (κ2) is 7.12. The van der Waals surface area contributed by atoms with Crippen molar-refractivity contribution in [2.45, 2.75) is 6.10 Å². The molecule has 1 unspecified atom stereocenters. The largest absolute Gasteiger partial charge is 0.484 e. The van der Waals surface area contributed by atoms with Crippen LogP contribution in [0.3, 0.4) is 0 Å². The van der Waals surface area contributed by atoms with Gasteiger partial charge in [0, 0.05) is 25.3 Å². The summed E-state index contributed by atoms with van der Waals surface area (Å²) in [7, 11) is 2.04. The number of carbonyl (C=O) groups excluding carboxylic acids is 1. The Labute approximate surface area is 118 Å². The second-order valence-corrected chi connectivity index (χ2v) is 4.92. The lowest BCUT2D eigenvalue weighted by Crippen LogP contribution is -2.46. The molecule has 1 aliphatic heterocycles. The first kappa shape index (κ1) is 14.6. The van der Waals surface area contributed by atoms with E-state index in [4.69, 9.17) is 15.2 Å². The number of benzene rings is 1. The molecule has 1 atom stereocenters. The maximum Gasteiger partial charge on any atom is 0.258 e. The minimum Gasteiger partial charge on any atom is -0.484 e. The minimum atomic E-state index is -0.154. The molecule has 6 heteroatoms. The van der Waals surface area contributed by atoms with E-state index in [1.54, 1.807) is 24.3 Å². The third kappa shape index (κ3) is 4.71. The summed E-state index contributed by atoms with van der Waals surface area (Å²) in [6.45, 7) is 2.98. The molecule has 1 amide bonds. The maximum absolute atomic E-state index is 11.7. The van der Waals surface area contributed by atoms with E-state index in [1.807, 2.05) is 7.05 Å². The molecule has 110 valence electrons. The Bertz CT molecular complexity index is 436. The van der Waals surface area contributed by atoms with Crippen LogP contribution in [0.5, 0.6) is 5.75 Å². The lowest BCUT2D eigenvalue weighted by Gasteiger charge is -2.30. The van der Waals surface area contributed by atoms with Gasteiger partial charge in [-0.2, -0.15) is 0 Å². The van der Waals surface area contributed by atoms with Crippen LogP contribution in [0.2, 0.25) is 0 Å². The van der Waals surface area contributed by atoms with Gasteiger partial charge in [0.1, 0.15) is 5.75 Å². The van der Waals surface area contributed by atoms with Crippen LogP contribution in [0.4, 0.5) is 5.69 Å². The van der Waals surface area contributed by atoms with Gasteiger partial charge in [0.25, 0.3) is 5.91 Å². The van der Waals surface area contributed by atoms with E-state index >= 15 is 0 Å². The van der Waals surface area contributed by atoms with Crippen LogP contribution in [-0.2, 0) is 9.53 Å². The summed E-state index contributed by atoms with van der Waals surface area (Å²) >= 11 is 0. The molecule has 1 aromatic rings. The van der Waals surface area contributed by atoms with E-state index in [-0.39, 0.29) is 18.6 Å². The first-order valence-corrected chi connectivity index (χ1v) is 6.68. The Morgan fingerprint density at radius 1 is 1.50 bits per heavy atom. The summed E-state index contributed by atoms with van der Waals surface area (Å²) in [4.78, 5) is 13.9. The van der Waals surface area contributed by atoms with Gasteiger partial charge in [0.2, 0.25) is 0 Å². The molecule has 0 radical (unpaired) electrons. The van der Waals surface area contributed by atoms with Gasteiger partial charge in [-0.1, -0.05) is 0 Å². The van der Waals surface area contributed by atoms with Crippen molar-refractivity contribution in [3.05, 3.63) is 24.3 Å². The number of hydrogen-bond acceptors (Lipinski definition) is 5. The molecule has 1 heterocycles. The number of nitrogens with one attached hydrogen (secondary N) is 1. The van der Waals surface area contributed by atoms with Gasteiger partial charge >= 0.3 is 0 Å². The van der Waals surface area contributed by atoms with E-state index in [9.17, 15) is 4.79 Å². The van der Waals surface area contributed by atoms with Crippen molar-refractivity contribution in [3.63, 3.8) is 0 Å². The SMILES string of the molecule is CN1CCOC(CNC(=O)COc2ccc(N)cc2)C1. The molecule has 0 aromatic heterocycles. The van der Waals surface area contributed by atoms with Crippen LogP contribution in [0, 0.1) is 0 Å². The van der Waals surface area contributed by atoms with E-state index in [2.05, 4.69) is 10.2 Å². The third-order valence-electron chi connectivity index (χ3n) is 3.12. The third-order valence-corrected chi connectivity index (χ3v) is 3.12. The average molecular weight is 279 g/mol. The number of likely N-dealkylation sites (N-methyl/N-ethyl adjacent to an activating group) is 1. The van der Waals surface area contributed by atoms with E-state index in [0.717, 1.165) is 13.1 Å². The topological polar surface area (TPSA) is 76.8 Å². The zero-order chi connectivity index (χ0) is 14.4. The number of nitrogens with two attached hydrogens (primary N) is 1. The zero-order valence-electron chi connectivity index (χ0n) is 11.7. The highest BCUT2D eigenvalue weighted by Crippen LogP contribution is 2.12. The Hall–Kier alpha value is -1.79. The molecule has 0 aliphatic carbocycles. The number of nitrogen functional groups attached to an aromatic ring is 1. The molecule has 20 heavy (non-hydrogen) atoms. The predicted octanol–water partition coefficient (Wildman–Crippen LogP) is 0.0944. The van der Waals surface area contributed by atoms with Gasteiger partial charge in [0.15, 0.2) is 6.61 Å². The standard InChI is InChI=1S/C14H21N3O3/c1-17-6-7-19-13(9-17)8-16-14(18)10-20-12-4-2-11(15)3-5-12/h2-5,13H,6-10,15H2,1H3,(H,16,18). The number of ether oxygens (including phenoxy) is 2. The monoisotopic (exact) mass is 279 g/mol. The number of rotatable bonds is 5. The number of anilines is 1. The summed E-state index contributed by atoms with van der Waals surface area (Å²) in [5, 5.41) is 2.81. The molecule has 1 saturated heterocycles. The molecule has 2 rings (SSSR count). The van der Waals surface area contributed by atoms with Crippen molar-refractivity contribution < 1.29 is 14.3 Å².